The van der Waals surface area contributed by atoms with Crippen molar-refractivity contribution in [2.45, 2.75) is 6.54 Å². The highest BCUT2D eigenvalue weighted by molar-refractivity contribution is 5.95. The predicted molar refractivity (Wildman–Crippen MR) is 87.6 cm³/mol. The van der Waals surface area contributed by atoms with E-state index >= 15 is 0 Å². The number of nitrogens with one attached hydrogen (secondary N) is 1. The van der Waals surface area contributed by atoms with Gasteiger partial charge in [-0.05, 0) is 29.8 Å². The number of pyridine rings is 1. The molecule has 3 aromatic rings. The Morgan fingerprint density at radius 3 is 2.83 bits per heavy atom. The van der Waals surface area contributed by atoms with Gasteiger partial charge in [0.15, 0.2) is 0 Å². The highest BCUT2D eigenvalue weighted by atomic mass is 16.5. The van der Waals surface area contributed by atoms with Gasteiger partial charge in [0.05, 0.1) is 7.11 Å². The lowest BCUT2D eigenvalue weighted by molar-refractivity contribution is 0.0946. The molecule has 1 amide bonds. The second-order valence-corrected chi connectivity index (χ2v) is 5.08. The number of phenols is 1. The summed E-state index contributed by atoms with van der Waals surface area (Å²) in [7, 11) is 1.60. The average molecular weight is 308 g/mol. The summed E-state index contributed by atoms with van der Waals surface area (Å²) in [6.45, 7) is 0.372. The van der Waals surface area contributed by atoms with E-state index in [0.29, 0.717) is 12.1 Å². The van der Waals surface area contributed by atoms with Gasteiger partial charge in [0.25, 0.3) is 5.91 Å². The van der Waals surface area contributed by atoms with E-state index in [2.05, 4.69) is 10.3 Å². The minimum atomic E-state index is -0.294. The third kappa shape index (κ3) is 3.23. The highest BCUT2D eigenvalue weighted by Crippen LogP contribution is 2.22. The number of para-hydroxylation sites is 1. The number of methoxy groups -OCH3 is 1. The zero-order valence-corrected chi connectivity index (χ0v) is 12.6. The fourth-order valence-electron chi connectivity index (χ4n) is 2.31. The van der Waals surface area contributed by atoms with Crippen LogP contribution in [0, 0.1) is 0 Å². The standard InChI is InChI=1S/C18H16N2O3/c1-23-14-6-2-4-12(10-14)11-19-18(22)15-9-8-13-5-3-7-16(21)17(13)20-15/h2-10,21H,11H2,1H3,(H,19,22). The van der Waals surface area contributed by atoms with Gasteiger partial charge in [-0.1, -0.05) is 30.3 Å². The zero-order chi connectivity index (χ0) is 16.2. The number of ether oxygens (including phenoxy) is 1. The minimum absolute atomic E-state index is 0.0601. The maximum absolute atomic E-state index is 12.2. The van der Waals surface area contributed by atoms with E-state index in [1.165, 1.54) is 0 Å². The highest BCUT2D eigenvalue weighted by Gasteiger charge is 2.10. The van der Waals surface area contributed by atoms with Crippen molar-refractivity contribution in [2.24, 2.45) is 0 Å². The van der Waals surface area contributed by atoms with Gasteiger partial charge >= 0.3 is 0 Å². The maximum Gasteiger partial charge on any atom is 0.270 e. The van der Waals surface area contributed by atoms with Crippen molar-refractivity contribution in [3.63, 3.8) is 0 Å². The average Bonchev–Trinajstić information content (AvgIpc) is 2.60. The lowest BCUT2D eigenvalue weighted by atomic mass is 10.2. The van der Waals surface area contributed by atoms with E-state index in [1.54, 1.807) is 31.4 Å². The predicted octanol–water partition coefficient (Wildman–Crippen LogP) is 2.88. The molecule has 1 aromatic heterocycles. The van der Waals surface area contributed by atoms with Gasteiger partial charge in [0.1, 0.15) is 22.7 Å². The Labute approximate surface area is 133 Å². The Bertz CT molecular complexity index is 862. The monoisotopic (exact) mass is 308 g/mol. The van der Waals surface area contributed by atoms with Crippen LogP contribution >= 0.6 is 0 Å². The molecule has 0 aliphatic heterocycles. The summed E-state index contributed by atoms with van der Waals surface area (Å²) in [5, 5.41) is 13.4. The van der Waals surface area contributed by atoms with Gasteiger partial charge in [-0.2, -0.15) is 0 Å². The van der Waals surface area contributed by atoms with Gasteiger partial charge in [0.2, 0.25) is 0 Å². The van der Waals surface area contributed by atoms with E-state index < -0.39 is 0 Å². The van der Waals surface area contributed by atoms with Crippen LogP contribution in [0.25, 0.3) is 10.9 Å². The number of aromatic hydroxyl groups is 1. The third-order valence-electron chi connectivity index (χ3n) is 3.52. The molecule has 116 valence electrons. The van der Waals surface area contributed by atoms with Crippen molar-refractivity contribution < 1.29 is 14.6 Å². The van der Waals surface area contributed by atoms with Gasteiger partial charge in [0, 0.05) is 11.9 Å². The van der Waals surface area contributed by atoms with Crippen LogP contribution in [0.1, 0.15) is 16.1 Å². The van der Waals surface area contributed by atoms with E-state index in [4.69, 9.17) is 4.74 Å². The summed E-state index contributed by atoms with van der Waals surface area (Å²) >= 11 is 0. The van der Waals surface area contributed by atoms with E-state index in [-0.39, 0.29) is 17.4 Å². The fourth-order valence-corrected chi connectivity index (χ4v) is 2.31. The van der Waals surface area contributed by atoms with Gasteiger partial charge in [-0.3, -0.25) is 4.79 Å². The molecule has 0 saturated heterocycles. The minimum Gasteiger partial charge on any atom is -0.506 e. The largest absolute Gasteiger partial charge is 0.506 e. The second kappa shape index (κ2) is 6.36. The molecule has 23 heavy (non-hydrogen) atoms. The summed E-state index contributed by atoms with van der Waals surface area (Å²) < 4.78 is 5.15. The van der Waals surface area contributed by atoms with Crippen LogP contribution in [0.5, 0.6) is 11.5 Å². The molecule has 0 aliphatic carbocycles. The Hall–Kier alpha value is -3.08. The van der Waals surface area contributed by atoms with Crippen LogP contribution in [-0.4, -0.2) is 23.1 Å². The van der Waals surface area contributed by atoms with Crippen molar-refractivity contribution in [1.82, 2.24) is 10.3 Å². The van der Waals surface area contributed by atoms with Crippen molar-refractivity contribution in [3.05, 3.63) is 65.9 Å². The molecule has 5 heteroatoms. The van der Waals surface area contributed by atoms with Crippen molar-refractivity contribution in [3.8, 4) is 11.5 Å². The van der Waals surface area contributed by atoms with Crippen molar-refractivity contribution in [2.75, 3.05) is 7.11 Å². The fraction of sp³-hybridized carbons (Fsp3) is 0.111. The number of rotatable bonds is 4. The van der Waals surface area contributed by atoms with E-state index in [1.807, 2.05) is 30.3 Å². The van der Waals surface area contributed by atoms with Crippen molar-refractivity contribution in [1.29, 1.82) is 0 Å². The Morgan fingerprint density at radius 1 is 1.17 bits per heavy atom. The molecule has 0 bridgehead atoms. The summed E-state index contributed by atoms with van der Waals surface area (Å²) in [4.78, 5) is 16.5. The summed E-state index contributed by atoms with van der Waals surface area (Å²) in [6.07, 6.45) is 0. The molecular weight excluding hydrogens is 292 g/mol. The van der Waals surface area contributed by atoms with Crippen LogP contribution in [-0.2, 0) is 6.54 Å². The maximum atomic E-state index is 12.2. The number of hydrogen-bond donors (Lipinski definition) is 2. The molecule has 2 N–H and O–H groups in total. The molecule has 3 rings (SSSR count). The second-order valence-electron chi connectivity index (χ2n) is 5.08. The molecular formula is C18H16N2O3. The molecule has 0 fully saturated rings. The number of hydrogen-bond acceptors (Lipinski definition) is 4. The molecule has 0 radical (unpaired) electrons. The van der Waals surface area contributed by atoms with Crippen LogP contribution in [0.2, 0.25) is 0 Å². The number of fused-ring (bicyclic) bond motifs is 1. The van der Waals surface area contributed by atoms with E-state index in [9.17, 15) is 9.90 Å². The summed E-state index contributed by atoms with van der Waals surface area (Å²) in [5.74, 6) is 0.508. The molecule has 2 aromatic carbocycles. The summed E-state index contributed by atoms with van der Waals surface area (Å²) in [6, 6.07) is 16.0. The Morgan fingerprint density at radius 2 is 2.00 bits per heavy atom. The number of nitrogens with zero attached hydrogens (tertiary/aromatic N) is 1. The molecule has 0 atom stereocenters. The van der Waals surface area contributed by atoms with Gasteiger partial charge in [-0.25, -0.2) is 4.98 Å². The number of carbonyl (C=O) groups is 1. The lowest BCUT2D eigenvalue weighted by Gasteiger charge is -2.07. The molecule has 0 aliphatic rings. The molecule has 0 unspecified atom stereocenters. The number of benzene rings is 2. The van der Waals surface area contributed by atoms with Crippen LogP contribution in [0.3, 0.4) is 0 Å². The van der Waals surface area contributed by atoms with Crippen LogP contribution in [0.4, 0.5) is 0 Å². The van der Waals surface area contributed by atoms with Crippen molar-refractivity contribution >= 4 is 16.8 Å². The molecule has 0 spiro atoms. The molecule has 5 nitrogen and oxygen atoms in total. The number of amides is 1. The number of phenolic OH excluding ortho intramolecular Hbond substituents is 1. The topological polar surface area (TPSA) is 71.5 Å². The normalized spacial score (nSPS) is 10.5. The smallest absolute Gasteiger partial charge is 0.270 e. The first-order valence-electron chi connectivity index (χ1n) is 7.17. The molecule has 1 heterocycles. The lowest BCUT2D eigenvalue weighted by Crippen LogP contribution is -2.23. The Kier molecular flexibility index (Phi) is 4.10. The zero-order valence-electron chi connectivity index (χ0n) is 12.6. The first kappa shape index (κ1) is 14.8. The Balaban J connectivity index is 1.76. The number of carbonyl (C=O) groups excluding carboxylic acids is 1. The van der Waals surface area contributed by atoms with Crippen LogP contribution < -0.4 is 10.1 Å². The SMILES string of the molecule is COc1cccc(CNC(=O)c2ccc3cccc(O)c3n2)c1. The summed E-state index contributed by atoms with van der Waals surface area (Å²) in [5.41, 5.74) is 1.62. The quantitative estimate of drug-likeness (QED) is 0.777. The number of aromatic nitrogens is 1. The van der Waals surface area contributed by atoms with E-state index in [0.717, 1.165) is 16.7 Å². The van der Waals surface area contributed by atoms with Gasteiger partial charge in [-0.15, -0.1) is 0 Å². The van der Waals surface area contributed by atoms with Gasteiger partial charge < -0.3 is 15.2 Å². The van der Waals surface area contributed by atoms with Crippen LogP contribution in [0.15, 0.2) is 54.6 Å². The molecule has 0 saturated carbocycles. The third-order valence-corrected chi connectivity index (χ3v) is 3.52. The first-order chi connectivity index (χ1) is 11.2. The first-order valence-corrected chi connectivity index (χ1v) is 7.17.